The number of hydrogen-bond acceptors (Lipinski definition) is 5. The Bertz CT molecular complexity index is 359. The molecule has 15 heavy (non-hydrogen) atoms. The first kappa shape index (κ1) is 11.1. The Morgan fingerprint density at radius 3 is 2.47 bits per heavy atom. The third-order valence-corrected chi connectivity index (χ3v) is 1.68. The van der Waals surface area contributed by atoms with Crippen LogP contribution in [0.15, 0.2) is 24.3 Å². The summed E-state index contributed by atoms with van der Waals surface area (Å²) >= 11 is 0. The Morgan fingerprint density at radius 1 is 1.40 bits per heavy atom. The van der Waals surface area contributed by atoms with Gasteiger partial charge in [0, 0.05) is 12.1 Å². The molecule has 0 heterocycles. The summed E-state index contributed by atoms with van der Waals surface area (Å²) in [6.07, 6.45) is 0. The van der Waals surface area contributed by atoms with Gasteiger partial charge in [-0.05, 0) is 17.7 Å². The van der Waals surface area contributed by atoms with Crippen LogP contribution in [0.5, 0.6) is 0 Å². The molecule has 0 unspecified atom stereocenters. The number of nitro benzene ring substituents is 1. The van der Waals surface area contributed by atoms with Gasteiger partial charge in [-0.1, -0.05) is 0 Å². The highest BCUT2D eigenvalue weighted by Gasteiger charge is 2.05. The Morgan fingerprint density at radius 2 is 2.00 bits per heavy atom. The molecule has 80 valence electrons. The molecule has 0 aliphatic rings. The number of rotatable bonds is 4. The van der Waals surface area contributed by atoms with E-state index in [0.29, 0.717) is 5.56 Å². The third-order valence-electron chi connectivity index (χ3n) is 1.68. The summed E-state index contributed by atoms with van der Waals surface area (Å²) in [5.41, 5.74) is 0.606. The van der Waals surface area contributed by atoms with E-state index in [1.165, 1.54) is 24.3 Å². The lowest BCUT2D eigenvalue weighted by atomic mass is 10.2. The van der Waals surface area contributed by atoms with Crippen molar-refractivity contribution >= 4 is 11.7 Å². The second kappa shape index (κ2) is 5.06. The molecule has 0 bridgehead atoms. The average molecular weight is 211 g/mol. The fraction of sp³-hybridized carbons (Fsp3) is 0.222. The number of hydrogen-bond donors (Lipinski definition) is 1. The summed E-state index contributed by atoms with van der Waals surface area (Å²) in [6.45, 7) is -0.676. The van der Waals surface area contributed by atoms with Crippen LogP contribution in [-0.4, -0.2) is 22.6 Å². The summed E-state index contributed by atoms with van der Waals surface area (Å²) in [6, 6.07) is 5.62. The predicted octanol–water partition coefficient (Wildman–Crippen LogP) is 0.630. The van der Waals surface area contributed by atoms with Crippen LogP contribution in [0.4, 0.5) is 5.69 Å². The van der Waals surface area contributed by atoms with Gasteiger partial charge in [-0.3, -0.25) is 10.1 Å². The van der Waals surface area contributed by atoms with Crippen molar-refractivity contribution in [2.45, 2.75) is 6.61 Å². The summed E-state index contributed by atoms with van der Waals surface area (Å²) in [5.74, 6) is -0.728. The van der Waals surface area contributed by atoms with Crippen molar-refractivity contribution in [2.75, 3.05) is 6.61 Å². The highest BCUT2D eigenvalue weighted by Crippen LogP contribution is 2.12. The quantitative estimate of drug-likeness (QED) is 0.448. The maximum Gasteiger partial charge on any atom is 0.332 e. The summed E-state index contributed by atoms with van der Waals surface area (Å²) in [4.78, 5) is 20.4. The molecular weight excluding hydrogens is 202 g/mol. The van der Waals surface area contributed by atoms with Crippen molar-refractivity contribution in [3.05, 3.63) is 39.9 Å². The minimum absolute atomic E-state index is 0.00259. The Kier molecular flexibility index (Phi) is 3.75. The monoisotopic (exact) mass is 211 g/mol. The maximum absolute atomic E-state index is 10.6. The minimum Gasteiger partial charge on any atom is -0.459 e. The van der Waals surface area contributed by atoms with E-state index in [1.54, 1.807) is 0 Å². The van der Waals surface area contributed by atoms with E-state index in [0.717, 1.165) is 0 Å². The van der Waals surface area contributed by atoms with Gasteiger partial charge in [-0.15, -0.1) is 0 Å². The number of nitro groups is 1. The van der Waals surface area contributed by atoms with E-state index < -0.39 is 17.5 Å². The van der Waals surface area contributed by atoms with E-state index >= 15 is 0 Å². The van der Waals surface area contributed by atoms with Gasteiger partial charge in [0.05, 0.1) is 4.92 Å². The molecule has 0 fully saturated rings. The number of carbonyl (C=O) groups is 1. The van der Waals surface area contributed by atoms with E-state index in [1.807, 2.05) is 0 Å². The van der Waals surface area contributed by atoms with Crippen molar-refractivity contribution < 1.29 is 19.6 Å². The summed E-state index contributed by atoms with van der Waals surface area (Å²) < 4.78 is 4.62. The van der Waals surface area contributed by atoms with Crippen LogP contribution >= 0.6 is 0 Å². The molecule has 0 radical (unpaired) electrons. The standard InChI is InChI=1S/C9H9NO5/c11-5-9(12)15-6-7-1-3-8(4-2-7)10(13)14/h1-4,11H,5-6H2. The van der Waals surface area contributed by atoms with Gasteiger partial charge in [0.1, 0.15) is 13.2 Å². The number of esters is 1. The SMILES string of the molecule is O=C(CO)OCc1ccc([N+](=O)[O-])cc1. The maximum atomic E-state index is 10.6. The fourth-order valence-corrected chi connectivity index (χ4v) is 0.923. The van der Waals surface area contributed by atoms with E-state index in [9.17, 15) is 14.9 Å². The first-order valence-corrected chi connectivity index (χ1v) is 4.13. The second-order valence-electron chi connectivity index (χ2n) is 2.74. The second-order valence-corrected chi connectivity index (χ2v) is 2.74. The van der Waals surface area contributed by atoms with Crippen molar-refractivity contribution in [3.63, 3.8) is 0 Å². The molecule has 0 aliphatic heterocycles. The zero-order chi connectivity index (χ0) is 11.3. The first-order chi connectivity index (χ1) is 7.13. The van der Waals surface area contributed by atoms with Gasteiger partial charge < -0.3 is 9.84 Å². The number of ether oxygens (including phenoxy) is 1. The fourth-order valence-electron chi connectivity index (χ4n) is 0.923. The highest BCUT2D eigenvalue weighted by atomic mass is 16.6. The number of benzene rings is 1. The lowest BCUT2D eigenvalue weighted by molar-refractivity contribution is -0.384. The zero-order valence-corrected chi connectivity index (χ0v) is 7.75. The molecule has 0 saturated heterocycles. The van der Waals surface area contributed by atoms with Gasteiger partial charge in [0.25, 0.3) is 5.69 Å². The molecule has 0 spiro atoms. The molecule has 6 nitrogen and oxygen atoms in total. The Labute approximate surface area is 85.2 Å². The van der Waals surface area contributed by atoms with Gasteiger partial charge in [-0.25, -0.2) is 4.79 Å². The van der Waals surface area contributed by atoms with Crippen LogP contribution < -0.4 is 0 Å². The highest BCUT2D eigenvalue weighted by molar-refractivity contribution is 5.70. The van der Waals surface area contributed by atoms with Crippen LogP contribution in [-0.2, 0) is 16.1 Å². The van der Waals surface area contributed by atoms with E-state index in [4.69, 9.17) is 5.11 Å². The van der Waals surface area contributed by atoms with Crippen molar-refractivity contribution in [2.24, 2.45) is 0 Å². The van der Waals surface area contributed by atoms with Crippen LogP contribution in [0.1, 0.15) is 5.56 Å². The predicted molar refractivity (Wildman–Crippen MR) is 50.0 cm³/mol. The van der Waals surface area contributed by atoms with Crippen molar-refractivity contribution in [1.82, 2.24) is 0 Å². The van der Waals surface area contributed by atoms with Crippen LogP contribution in [0.25, 0.3) is 0 Å². The lowest BCUT2D eigenvalue weighted by Gasteiger charge is -2.02. The first-order valence-electron chi connectivity index (χ1n) is 4.13. The number of aliphatic hydroxyl groups is 1. The number of aliphatic hydroxyl groups excluding tert-OH is 1. The van der Waals surface area contributed by atoms with Crippen molar-refractivity contribution in [3.8, 4) is 0 Å². The van der Waals surface area contributed by atoms with Crippen LogP contribution in [0.3, 0.4) is 0 Å². The molecular formula is C9H9NO5. The smallest absolute Gasteiger partial charge is 0.332 e. The number of nitrogens with zero attached hydrogens (tertiary/aromatic N) is 1. The number of carbonyl (C=O) groups excluding carboxylic acids is 1. The normalized spacial score (nSPS) is 9.67. The van der Waals surface area contributed by atoms with Gasteiger partial charge in [-0.2, -0.15) is 0 Å². The molecule has 0 aliphatic carbocycles. The Hall–Kier alpha value is -1.95. The molecule has 6 heteroatoms. The molecule has 0 atom stereocenters. The topological polar surface area (TPSA) is 89.7 Å². The van der Waals surface area contributed by atoms with Crippen LogP contribution in [0.2, 0.25) is 0 Å². The molecule has 1 rings (SSSR count). The Balaban J connectivity index is 2.57. The molecule has 1 N–H and O–H groups in total. The summed E-state index contributed by atoms with van der Waals surface area (Å²) in [5, 5.41) is 18.7. The van der Waals surface area contributed by atoms with E-state index in [2.05, 4.69) is 4.74 Å². The van der Waals surface area contributed by atoms with E-state index in [-0.39, 0.29) is 12.3 Å². The van der Waals surface area contributed by atoms with Gasteiger partial charge >= 0.3 is 5.97 Å². The molecule has 1 aromatic rings. The van der Waals surface area contributed by atoms with Gasteiger partial charge in [0.2, 0.25) is 0 Å². The van der Waals surface area contributed by atoms with Crippen LogP contribution in [0, 0.1) is 10.1 Å². The molecule has 0 amide bonds. The average Bonchev–Trinajstić information content (AvgIpc) is 2.26. The lowest BCUT2D eigenvalue weighted by Crippen LogP contribution is -2.08. The molecule has 0 saturated carbocycles. The molecule has 0 aromatic heterocycles. The number of non-ortho nitro benzene ring substituents is 1. The van der Waals surface area contributed by atoms with Gasteiger partial charge in [0.15, 0.2) is 0 Å². The molecule has 1 aromatic carbocycles. The largest absolute Gasteiger partial charge is 0.459 e. The zero-order valence-electron chi connectivity index (χ0n) is 7.75. The minimum atomic E-state index is -0.728. The summed E-state index contributed by atoms with van der Waals surface area (Å²) in [7, 11) is 0. The third kappa shape index (κ3) is 3.35. The van der Waals surface area contributed by atoms with Crippen molar-refractivity contribution in [1.29, 1.82) is 0 Å².